The minimum absolute atomic E-state index is 0.702. The summed E-state index contributed by atoms with van der Waals surface area (Å²) in [5.41, 5.74) is 0. The van der Waals surface area contributed by atoms with E-state index in [1.165, 1.54) is 0 Å². The first-order valence-electron chi connectivity index (χ1n) is 9.55. The van der Waals surface area contributed by atoms with Gasteiger partial charge in [0, 0.05) is 14.1 Å². The molecule has 0 aromatic carbocycles. The van der Waals surface area contributed by atoms with E-state index in [9.17, 15) is 0 Å². The highest BCUT2D eigenvalue weighted by Gasteiger charge is 2.12. The highest BCUT2D eigenvalue weighted by Crippen LogP contribution is 2.27. The molecule has 1 aliphatic heterocycles. The van der Waals surface area contributed by atoms with Crippen LogP contribution >= 0.6 is 0 Å². The second-order valence-corrected chi connectivity index (χ2v) is 6.89. The van der Waals surface area contributed by atoms with Crippen LogP contribution in [0, 0.1) is 0 Å². The lowest BCUT2D eigenvalue weighted by atomic mass is 10.3. The van der Waals surface area contributed by atoms with Gasteiger partial charge in [-0.15, -0.1) is 0 Å². The third kappa shape index (κ3) is 3.46. The Bertz CT molecular complexity index is 1020. The molecule has 0 amide bonds. The summed E-state index contributed by atoms with van der Waals surface area (Å²) in [6.45, 7) is 0. The minimum atomic E-state index is 0.702. The molecule has 0 radical (unpaired) electrons. The first kappa shape index (κ1) is 17.9. The molecule has 148 valence electrons. The van der Waals surface area contributed by atoms with Crippen LogP contribution in [0.5, 0.6) is 0 Å². The molecule has 30 heavy (non-hydrogen) atoms. The van der Waals surface area contributed by atoms with Crippen LogP contribution in [-0.4, -0.2) is 34.0 Å². The fraction of sp³-hybridized carbons (Fsp3) is 0.0909. The molecule has 8 nitrogen and oxygen atoms in total. The van der Waals surface area contributed by atoms with Crippen molar-refractivity contribution in [3.8, 4) is 0 Å². The molecule has 2 N–H and O–H groups in total. The lowest BCUT2D eigenvalue weighted by Gasteiger charge is -2.21. The molecule has 8 bridgehead atoms. The molecule has 1 aliphatic rings. The number of nitrogens with one attached hydrogen (secondary N) is 2. The van der Waals surface area contributed by atoms with Crippen LogP contribution in [0.4, 0.5) is 46.5 Å². The van der Waals surface area contributed by atoms with E-state index in [0.717, 1.165) is 23.3 Å². The van der Waals surface area contributed by atoms with Crippen LogP contribution < -0.4 is 20.4 Å². The maximum atomic E-state index is 4.72. The number of hydrogen-bond acceptors (Lipinski definition) is 8. The summed E-state index contributed by atoms with van der Waals surface area (Å²) < 4.78 is 0. The smallest absolute Gasteiger partial charge is 0.136 e. The van der Waals surface area contributed by atoms with E-state index in [-0.39, 0.29) is 0 Å². The molecule has 0 spiro atoms. The molecule has 5 rings (SSSR count). The van der Waals surface area contributed by atoms with E-state index in [4.69, 9.17) is 19.9 Å². The van der Waals surface area contributed by atoms with Crippen LogP contribution in [-0.2, 0) is 0 Å². The summed E-state index contributed by atoms with van der Waals surface area (Å²) in [7, 11) is 3.88. The zero-order valence-electron chi connectivity index (χ0n) is 16.6. The highest BCUT2D eigenvalue weighted by atomic mass is 15.3. The summed E-state index contributed by atoms with van der Waals surface area (Å²) in [6.07, 6.45) is 0. The fourth-order valence-electron chi connectivity index (χ4n) is 3.22. The lowest BCUT2D eigenvalue weighted by molar-refractivity contribution is 1.06. The predicted octanol–water partition coefficient (Wildman–Crippen LogP) is 4.60. The van der Waals surface area contributed by atoms with E-state index >= 15 is 0 Å². The molecule has 0 fully saturated rings. The number of nitrogens with zero attached hydrogens (tertiary/aromatic N) is 6. The van der Waals surface area contributed by atoms with Gasteiger partial charge in [-0.05, 0) is 48.5 Å². The van der Waals surface area contributed by atoms with Crippen molar-refractivity contribution >= 4 is 46.5 Å². The third-order valence-corrected chi connectivity index (χ3v) is 4.82. The zero-order chi connectivity index (χ0) is 20.5. The molecule has 8 heteroatoms. The van der Waals surface area contributed by atoms with Crippen molar-refractivity contribution in [3.05, 3.63) is 72.8 Å². The van der Waals surface area contributed by atoms with Crippen LogP contribution in [0.1, 0.15) is 0 Å². The van der Waals surface area contributed by atoms with Crippen molar-refractivity contribution in [1.29, 1.82) is 0 Å². The molecule has 0 unspecified atom stereocenters. The van der Waals surface area contributed by atoms with Gasteiger partial charge in [-0.3, -0.25) is 0 Å². The van der Waals surface area contributed by atoms with Gasteiger partial charge in [0.1, 0.15) is 46.5 Å². The average Bonchev–Trinajstić information content (AvgIpc) is 2.78. The Morgan fingerprint density at radius 1 is 0.467 bits per heavy atom. The van der Waals surface area contributed by atoms with E-state index in [0.29, 0.717) is 23.3 Å². The third-order valence-electron chi connectivity index (χ3n) is 4.82. The number of aromatic nitrogens is 4. The maximum Gasteiger partial charge on any atom is 0.136 e. The van der Waals surface area contributed by atoms with Gasteiger partial charge < -0.3 is 20.4 Å². The minimum Gasteiger partial charge on any atom is -0.325 e. The molecule has 0 atom stereocenters. The van der Waals surface area contributed by atoms with E-state index < -0.39 is 0 Å². The predicted molar refractivity (Wildman–Crippen MR) is 120 cm³/mol. The highest BCUT2D eigenvalue weighted by molar-refractivity contribution is 5.66. The Kier molecular flexibility index (Phi) is 4.36. The van der Waals surface area contributed by atoms with Crippen LogP contribution in [0.25, 0.3) is 0 Å². The summed E-state index contributed by atoms with van der Waals surface area (Å²) in [4.78, 5) is 22.7. The topological polar surface area (TPSA) is 82.1 Å². The van der Waals surface area contributed by atoms with Gasteiger partial charge in [0.15, 0.2) is 0 Å². The molecule has 4 aromatic heterocycles. The summed E-state index contributed by atoms with van der Waals surface area (Å²) in [6, 6.07) is 23.2. The number of pyridine rings is 4. The van der Waals surface area contributed by atoms with Gasteiger partial charge in [-0.25, -0.2) is 19.9 Å². The van der Waals surface area contributed by atoms with Crippen LogP contribution in [0.15, 0.2) is 72.8 Å². The Hall–Kier alpha value is -4.20. The summed E-state index contributed by atoms with van der Waals surface area (Å²) in [5.74, 6) is 5.88. The number of rotatable bonds is 0. The molecule has 0 saturated heterocycles. The number of anilines is 8. The maximum absolute atomic E-state index is 4.72. The van der Waals surface area contributed by atoms with Gasteiger partial charge in [0.25, 0.3) is 0 Å². The summed E-state index contributed by atoms with van der Waals surface area (Å²) in [5, 5.41) is 6.58. The van der Waals surface area contributed by atoms with Gasteiger partial charge >= 0.3 is 0 Å². The Balaban J connectivity index is 1.66. The van der Waals surface area contributed by atoms with E-state index in [1.807, 2.05) is 96.7 Å². The van der Waals surface area contributed by atoms with Crippen molar-refractivity contribution in [2.24, 2.45) is 0 Å². The second kappa shape index (κ2) is 7.32. The van der Waals surface area contributed by atoms with Gasteiger partial charge in [-0.2, -0.15) is 0 Å². The van der Waals surface area contributed by atoms with Crippen LogP contribution in [0.3, 0.4) is 0 Å². The molecule has 0 saturated carbocycles. The first-order valence-corrected chi connectivity index (χ1v) is 9.55. The average molecular weight is 396 g/mol. The fourth-order valence-corrected chi connectivity index (χ4v) is 3.22. The van der Waals surface area contributed by atoms with Gasteiger partial charge in [-0.1, -0.05) is 24.3 Å². The quantitative estimate of drug-likeness (QED) is 0.446. The Morgan fingerprint density at radius 3 is 1.00 bits per heavy atom. The largest absolute Gasteiger partial charge is 0.325 e. The SMILES string of the molecule is CN1c2cccc(n2)Nc2cccc(n2)N(C)c2cccc(n2)Nc2cccc1n2. The Labute approximate surface area is 174 Å². The van der Waals surface area contributed by atoms with Crippen molar-refractivity contribution in [3.63, 3.8) is 0 Å². The van der Waals surface area contributed by atoms with E-state index in [2.05, 4.69) is 10.6 Å². The van der Waals surface area contributed by atoms with Crippen molar-refractivity contribution in [2.45, 2.75) is 0 Å². The second-order valence-electron chi connectivity index (χ2n) is 6.89. The van der Waals surface area contributed by atoms with Crippen molar-refractivity contribution in [2.75, 3.05) is 34.5 Å². The van der Waals surface area contributed by atoms with Gasteiger partial charge in [0.05, 0.1) is 0 Å². The van der Waals surface area contributed by atoms with Crippen molar-refractivity contribution < 1.29 is 0 Å². The zero-order valence-corrected chi connectivity index (χ0v) is 16.6. The van der Waals surface area contributed by atoms with Crippen LogP contribution in [0.2, 0.25) is 0 Å². The van der Waals surface area contributed by atoms with E-state index in [1.54, 1.807) is 0 Å². The number of hydrogen-bond donors (Lipinski definition) is 2. The standard InChI is InChI=1S/C22H20N8/c1-29-19-11-3-7-15(25-19)23-17-9-5-13-21(27-17)30(2)22-14-6-10-18(28-22)24-16-8-4-12-20(29)26-16/h3-14H,1-2H3,(H,23,25,27)(H,24,26,28). The molecular formula is C22H20N8. The summed E-state index contributed by atoms with van der Waals surface area (Å²) >= 11 is 0. The molecular weight excluding hydrogens is 376 g/mol. The van der Waals surface area contributed by atoms with Crippen molar-refractivity contribution in [1.82, 2.24) is 19.9 Å². The molecule has 0 aliphatic carbocycles. The Morgan fingerprint density at radius 2 is 0.733 bits per heavy atom. The molecule has 5 heterocycles. The van der Waals surface area contributed by atoms with Gasteiger partial charge in [0.2, 0.25) is 0 Å². The number of fused-ring (bicyclic) bond motifs is 8. The lowest BCUT2D eigenvalue weighted by Crippen LogP contribution is -2.15. The first-order chi connectivity index (χ1) is 14.7. The monoisotopic (exact) mass is 396 g/mol. The molecule has 4 aromatic rings. The normalized spacial score (nSPS) is 12.7.